The van der Waals surface area contributed by atoms with Gasteiger partial charge in [-0.1, -0.05) is 29.5 Å². The van der Waals surface area contributed by atoms with Gasteiger partial charge in [0.15, 0.2) is 24.8 Å². The summed E-state index contributed by atoms with van der Waals surface area (Å²) in [5.41, 5.74) is 2.26. The van der Waals surface area contributed by atoms with Crippen LogP contribution in [0.15, 0.2) is 42.5 Å². The maximum atomic E-state index is 5.39. The average Bonchev–Trinajstić information content (AvgIpc) is 3.15. The second-order valence-electron chi connectivity index (χ2n) is 6.63. The molecule has 4 N–H and O–H groups in total. The van der Waals surface area contributed by atoms with E-state index in [0.29, 0.717) is 0 Å². The van der Waals surface area contributed by atoms with Gasteiger partial charge in [-0.15, -0.1) is 0 Å². The van der Waals surface area contributed by atoms with Gasteiger partial charge >= 0.3 is 5.96 Å². The van der Waals surface area contributed by atoms with Crippen LogP contribution in [0.2, 0.25) is 0 Å². The number of guanidine groups is 1. The molecule has 1 aromatic heterocycles. The third-order valence-electron chi connectivity index (χ3n) is 4.77. The number of aromatic nitrogens is 1. The second-order valence-corrected chi connectivity index (χ2v) is 7.66. The van der Waals surface area contributed by atoms with Gasteiger partial charge in [-0.25, -0.2) is 20.6 Å². The first-order valence-corrected chi connectivity index (χ1v) is 10.1. The molecule has 0 radical (unpaired) electrons. The summed E-state index contributed by atoms with van der Waals surface area (Å²) in [6.45, 7) is 2.73. The fraction of sp³-hybridized carbons (Fsp3) is 0.300. The number of fused-ring (bicyclic) bond motifs is 1. The van der Waals surface area contributed by atoms with Crippen molar-refractivity contribution in [2.75, 3.05) is 39.4 Å². The van der Waals surface area contributed by atoms with E-state index in [-0.39, 0.29) is 0 Å². The number of thiazole rings is 1. The first kappa shape index (κ1) is 18.5. The van der Waals surface area contributed by atoms with Crippen LogP contribution in [0, 0.1) is 0 Å². The predicted octanol–water partition coefficient (Wildman–Crippen LogP) is -0.192. The number of quaternary nitrogens is 1. The van der Waals surface area contributed by atoms with Gasteiger partial charge in [-0.3, -0.25) is 4.90 Å². The molecule has 2 heterocycles. The zero-order valence-electron chi connectivity index (χ0n) is 16.0. The molecule has 7 nitrogen and oxygen atoms in total. The van der Waals surface area contributed by atoms with Crippen LogP contribution < -0.4 is 30.0 Å². The molecule has 2 aromatic carbocycles. The fourth-order valence-electron chi connectivity index (χ4n) is 3.21. The molecular formula is C20H25N5O2S+2. The van der Waals surface area contributed by atoms with Crippen LogP contribution in [0.5, 0.6) is 11.5 Å². The maximum Gasteiger partial charge on any atom is 0.359 e. The van der Waals surface area contributed by atoms with Crippen molar-refractivity contribution in [1.29, 1.82) is 0 Å². The second kappa shape index (κ2) is 8.45. The zero-order chi connectivity index (χ0) is 19.3. The largest absolute Gasteiger partial charge is 0.493 e. The number of para-hydroxylation sites is 1. The smallest absolute Gasteiger partial charge is 0.359 e. The third kappa shape index (κ3) is 4.18. The minimum atomic E-state index is 0.764. The maximum absolute atomic E-state index is 5.39. The SMILES string of the molecule is COc1ccc(CC[NH+]2CNC(Nc3nc4ccccc4s3)=[NH+]C2)cc1OC. The lowest BCUT2D eigenvalue weighted by Gasteiger charge is -2.20. The molecule has 0 amide bonds. The van der Waals surface area contributed by atoms with E-state index < -0.39 is 0 Å². The van der Waals surface area contributed by atoms with E-state index in [1.54, 1.807) is 25.6 Å². The van der Waals surface area contributed by atoms with Gasteiger partial charge in [0.05, 0.1) is 31.0 Å². The molecule has 146 valence electrons. The lowest BCUT2D eigenvalue weighted by molar-refractivity contribution is -0.980. The van der Waals surface area contributed by atoms with Gasteiger partial charge in [-0.05, 0) is 29.8 Å². The van der Waals surface area contributed by atoms with Crippen LogP contribution >= 0.6 is 11.3 Å². The standard InChI is InChI=1S/C20H23N5O2S/c1-26-16-8-7-14(11-17(16)27-2)9-10-25-12-21-19(22-13-25)24-20-23-15-5-3-4-6-18(15)28-20/h3-8,11H,9-10,12-13H2,1-2H3,(H2,21,22,23,24)/p+2. The quantitative estimate of drug-likeness (QED) is 0.462. The number of hydrogen-bond acceptors (Lipinski definition) is 6. The van der Waals surface area contributed by atoms with Crippen LogP contribution in [-0.4, -0.2) is 45.0 Å². The van der Waals surface area contributed by atoms with E-state index in [4.69, 9.17) is 9.47 Å². The van der Waals surface area contributed by atoms with Crippen LogP contribution in [0.25, 0.3) is 10.2 Å². The molecule has 1 unspecified atom stereocenters. The van der Waals surface area contributed by atoms with Gasteiger partial charge in [0, 0.05) is 6.42 Å². The first-order chi connectivity index (χ1) is 13.7. The highest BCUT2D eigenvalue weighted by molar-refractivity contribution is 7.22. The number of nitrogens with zero attached hydrogens (tertiary/aromatic N) is 1. The number of ether oxygens (including phenoxy) is 2. The fourth-order valence-corrected chi connectivity index (χ4v) is 4.08. The molecule has 3 aromatic rings. The molecule has 8 heteroatoms. The molecule has 28 heavy (non-hydrogen) atoms. The Kier molecular flexibility index (Phi) is 5.59. The van der Waals surface area contributed by atoms with Crippen LogP contribution in [-0.2, 0) is 6.42 Å². The molecule has 1 aliphatic rings. The number of methoxy groups -OCH3 is 2. The highest BCUT2D eigenvalue weighted by atomic mass is 32.1. The van der Waals surface area contributed by atoms with Crippen molar-refractivity contribution in [3.8, 4) is 11.5 Å². The Morgan fingerprint density at radius 2 is 2.04 bits per heavy atom. The molecular weight excluding hydrogens is 374 g/mol. The van der Waals surface area contributed by atoms with Crippen LogP contribution in [0.1, 0.15) is 5.56 Å². The zero-order valence-corrected chi connectivity index (χ0v) is 16.9. The Morgan fingerprint density at radius 3 is 2.79 bits per heavy atom. The van der Waals surface area contributed by atoms with Crippen molar-refractivity contribution in [1.82, 2.24) is 10.3 Å². The van der Waals surface area contributed by atoms with Crippen molar-refractivity contribution in [2.24, 2.45) is 0 Å². The first-order valence-electron chi connectivity index (χ1n) is 9.27. The number of rotatable bonds is 6. The lowest BCUT2D eigenvalue weighted by Crippen LogP contribution is -3.24. The summed E-state index contributed by atoms with van der Waals surface area (Å²) in [7, 11) is 3.32. The molecule has 0 bridgehead atoms. The Hall–Kier alpha value is -2.84. The van der Waals surface area contributed by atoms with Gasteiger partial charge in [0.2, 0.25) is 0 Å². The minimum absolute atomic E-state index is 0.764. The van der Waals surface area contributed by atoms with Crippen LogP contribution in [0.4, 0.5) is 5.13 Å². The summed E-state index contributed by atoms with van der Waals surface area (Å²) < 4.78 is 11.9. The molecule has 4 rings (SSSR count). The van der Waals surface area contributed by atoms with E-state index in [9.17, 15) is 0 Å². The van der Waals surface area contributed by atoms with E-state index in [2.05, 4.69) is 38.8 Å². The Balaban J connectivity index is 1.31. The average molecular weight is 400 g/mol. The number of benzene rings is 2. The lowest BCUT2D eigenvalue weighted by atomic mass is 10.1. The molecule has 0 aliphatic carbocycles. The molecule has 1 atom stereocenters. The highest BCUT2D eigenvalue weighted by Gasteiger charge is 2.21. The van der Waals surface area contributed by atoms with E-state index in [0.717, 1.165) is 54.4 Å². The summed E-state index contributed by atoms with van der Waals surface area (Å²) in [4.78, 5) is 9.46. The van der Waals surface area contributed by atoms with Gasteiger partial charge < -0.3 is 9.47 Å². The summed E-state index contributed by atoms with van der Waals surface area (Å²) in [5, 5.41) is 7.66. The van der Waals surface area contributed by atoms with Crippen molar-refractivity contribution in [3.05, 3.63) is 48.0 Å². The topological polar surface area (TPSA) is 73.8 Å². The Bertz CT molecular complexity index is 955. The minimum Gasteiger partial charge on any atom is -0.493 e. The Labute approximate surface area is 168 Å². The van der Waals surface area contributed by atoms with Crippen LogP contribution in [0.3, 0.4) is 0 Å². The van der Waals surface area contributed by atoms with Crippen molar-refractivity contribution >= 4 is 32.6 Å². The summed E-state index contributed by atoms with van der Waals surface area (Å²) in [6, 6.07) is 14.3. The normalized spacial score (nSPS) is 16.4. The van der Waals surface area contributed by atoms with Gasteiger partial charge in [0.1, 0.15) is 0 Å². The molecule has 0 saturated carbocycles. The summed E-state index contributed by atoms with van der Waals surface area (Å²) >= 11 is 1.65. The van der Waals surface area contributed by atoms with Gasteiger partial charge in [-0.2, -0.15) is 0 Å². The van der Waals surface area contributed by atoms with Gasteiger partial charge in [0.25, 0.3) is 5.13 Å². The molecule has 0 saturated heterocycles. The summed E-state index contributed by atoms with van der Waals surface area (Å²) in [5.74, 6) is 2.45. The number of hydrogen-bond donors (Lipinski definition) is 4. The van der Waals surface area contributed by atoms with E-state index >= 15 is 0 Å². The van der Waals surface area contributed by atoms with E-state index in [1.165, 1.54) is 15.2 Å². The third-order valence-corrected chi connectivity index (χ3v) is 5.72. The van der Waals surface area contributed by atoms with Crippen molar-refractivity contribution in [3.63, 3.8) is 0 Å². The number of anilines is 1. The predicted molar refractivity (Wildman–Crippen MR) is 111 cm³/mol. The molecule has 1 aliphatic heterocycles. The molecule has 0 fully saturated rings. The summed E-state index contributed by atoms with van der Waals surface area (Å²) in [6.07, 6.45) is 0.972. The van der Waals surface area contributed by atoms with E-state index in [1.807, 2.05) is 24.3 Å². The van der Waals surface area contributed by atoms with Crippen molar-refractivity contribution < 1.29 is 19.4 Å². The highest BCUT2D eigenvalue weighted by Crippen LogP contribution is 2.27. The molecule has 0 spiro atoms. The Morgan fingerprint density at radius 1 is 1.18 bits per heavy atom. The van der Waals surface area contributed by atoms with Crippen molar-refractivity contribution in [2.45, 2.75) is 6.42 Å². The monoisotopic (exact) mass is 399 g/mol. The number of nitrogens with one attached hydrogen (secondary N) is 4.